The van der Waals surface area contributed by atoms with Gasteiger partial charge in [0, 0.05) is 38.8 Å². The van der Waals surface area contributed by atoms with E-state index in [1.807, 2.05) is 49.7 Å². The Bertz CT molecular complexity index is 1050. The number of carbonyl (C=O) groups excluding carboxylic acids is 1. The van der Waals surface area contributed by atoms with Crippen LogP contribution in [-0.4, -0.2) is 50.4 Å². The van der Waals surface area contributed by atoms with Crippen LogP contribution >= 0.6 is 0 Å². The molecule has 1 aromatic rings. The fraction of sp³-hybridized carbons (Fsp3) is 0.333. The Morgan fingerprint density at radius 3 is 2.58 bits per heavy atom. The Hall–Kier alpha value is -3.48. The van der Waals surface area contributed by atoms with E-state index >= 15 is 0 Å². The molecule has 6 heteroatoms. The molecular weight excluding hydrogens is 452 g/mol. The van der Waals surface area contributed by atoms with Crippen molar-refractivity contribution in [1.82, 2.24) is 4.90 Å². The van der Waals surface area contributed by atoms with Crippen LogP contribution in [0, 0.1) is 5.92 Å². The van der Waals surface area contributed by atoms with Crippen LogP contribution in [0.3, 0.4) is 0 Å². The molecule has 0 radical (unpaired) electrons. The van der Waals surface area contributed by atoms with Crippen molar-refractivity contribution in [2.24, 2.45) is 10.9 Å². The molecule has 0 aromatic heterocycles. The van der Waals surface area contributed by atoms with Crippen LogP contribution in [0.4, 0.5) is 0 Å². The van der Waals surface area contributed by atoms with Crippen molar-refractivity contribution in [1.29, 1.82) is 0 Å². The van der Waals surface area contributed by atoms with Gasteiger partial charge in [0.1, 0.15) is 17.3 Å². The number of carbonyl (C=O) groups is 1. The first-order chi connectivity index (χ1) is 17.6. The van der Waals surface area contributed by atoms with Gasteiger partial charge < -0.3 is 19.5 Å². The molecule has 1 aromatic carbocycles. The highest BCUT2D eigenvalue weighted by atomic mass is 16.5. The first-order valence-corrected chi connectivity index (χ1v) is 12.2. The van der Waals surface area contributed by atoms with E-state index in [1.165, 1.54) is 25.0 Å². The van der Waals surface area contributed by atoms with Crippen molar-refractivity contribution in [3.8, 4) is 5.75 Å². The summed E-state index contributed by atoms with van der Waals surface area (Å²) in [5, 5.41) is 7.00. The summed E-state index contributed by atoms with van der Waals surface area (Å²) in [6, 6.07) is 8.01. The van der Waals surface area contributed by atoms with Crippen LogP contribution in [0.1, 0.15) is 37.7 Å². The lowest BCUT2D eigenvalue weighted by molar-refractivity contribution is -0.104. The first-order valence-electron chi connectivity index (χ1n) is 12.2. The molecule has 6 nitrogen and oxygen atoms in total. The molecule has 1 saturated carbocycles. The van der Waals surface area contributed by atoms with Crippen molar-refractivity contribution in [2.75, 3.05) is 27.9 Å². The number of allylic oxidation sites excluding steroid dienone is 7. The number of benzene rings is 1. The molecule has 36 heavy (non-hydrogen) atoms. The first kappa shape index (κ1) is 28.8. The SMILES string of the molecule is C=C/C(C=O)=C1/N=CC(c2cccc(O/C(C=C)=C/C=C\COC)c2)=C(C2CCCCC2)N1C.CO. The molecule has 1 aliphatic heterocycles. The standard InChI is InChI=1S/C29H34N2O3.CH4O/c1-5-22(21-32)29-30-20-27(28(31(29)3)23-13-8-7-9-14-23)24-15-12-17-26(19-24)34-25(6-2)16-10-11-18-33-4;1-2/h5-6,10-12,15-17,19-21,23H,1-2,7-9,13-14,18H2,3-4H3;2H,1H3/b11-10-,25-16+,29-22+;. The van der Waals surface area contributed by atoms with Gasteiger partial charge in [-0.3, -0.25) is 4.79 Å². The lowest BCUT2D eigenvalue weighted by Gasteiger charge is -2.36. The molecule has 192 valence electrons. The largest absolute Gasteiger partial charge is 0.457 e. The molecule has 1 N–H and O–H groups in total. The molecule has 3 rings (SSSR count). The molecule has 2 aliphatic rings. The van der Waals surface area contributed by atoms with Crippen molar-refractivity contribution in [2.45, 2.75) is 32.1 Å². The molecule has 1 heterocycles. The van der Waals surface area contributed by atoms with Crippen LogP contribution in [0.25, 0.3) is 5.57 Å². The smallest absolute Gasteiger partial charge is 0.153 e. The summed E-state index contributed by atoms with van der Waals surface area (Å²) in [5.41, 5.74) is 3.77. The zero-order valence-corrected chi connectivity index (χ0v) is 21.7. The summed E-state index contributed by atoms with van der Waals surface area (Å²) in [7, 11) is 4.65. The lowest BCUT2D eigenvalue weighted by atomic mass is 9.83. The van der Waals surface area contributed by atoms with Crippen LogP contribution < -0.4 is 4.74 Å². The van der Waals surface area contributed by atoms with Crippen molar-refractivity contribution in [3.05, 3.63) is 96.2 Å². The van der Waals surface area contributed by atoms with Gasteiger partial charge in [0.2, 0.25) is 0 Å². The quantitative estimate of drug-likeness (QED) is 0.193. The molecule has 0 atom stereocenters. The van der Waals surface area contributed by atoms with Gasteiger partial charge in [0.25, 0.3) is 0 Å². The molecular formula is C30H38N2O4. The number of ether oxygens (including phenoxy) is 2. The maximum absolute atomic E-state index is 11.6. The van der Waals surface area contributed by atoms with Crippen LogP contribution in [0.5, 0.6) is 5.75 Å². The Labute approximate surface area is 215 Å². The number of aldehydes is 1. The maximum atomic E-state index is 11.6. The third-order valence-electron chi connectivity index (χ3n) is 6.11. The fourth-order valence-corrected chi connectivity index (χ4v) is 4.45. The van der Waals surface area contributed by atoms with Gasteiger partial charge in [0.05, 0.1) is 12.2 Å². The van der Waals surface area contributed by atoms with Gasteiger partial charge in [-0.15, -0.1) is 0 Å². The van der Waals surface area contributed by atoms with E-state index in [1.54, 1.807) is 19.3 Å². The summed E-state index contributed by atoms with van der Waals surface area (Å²) in [4.78, 5) is 18.3. The van der Waals surface area contributed by atoms with E-state index in [4.69, 9.17) is 14.6 Å². The second-order valence-electron chi connectivity index (χ2n) is 8.34. The second-order valence-corrected chi connectivity index (χ2v) is 8.34. The predicted octanol–water partition coefficient (Wildman–Crippen LogP) is 5.85. The normalized spacial score (nSPS) is 18.0. The van der Waals surface area contributed by atoms with Gasteiger partial charge in [-0.25, -0.2) is 4.99 Å². The number of hydrogen-bond acceptors (Lipinski definition) is 6. The highest BCUT2D eigenvalue weighted by Gasteiger charge is 2.29. The minimum atomic E-state index is 0.410. The zero-order valence-electron chi connectivity index (χ0n) is 21.7. The molecule has 0 unspecified atom stereocenters. The van der Waals surface area contributed by atoms with Gasteiger partial charge in [0.15, 0.2) is 6.29 Å². The third-order valence-corrected chi connectivity index (χ3v) is 6.11. The molecule has 0 saturated heterocycles. The monoisotopic (exact) mass is 490 g/mol. The number of hydrogen-bond donors (Lipinski definition) is 1. The number of nitrogens with zero attached hydrogens (tertiary/aromatic N) is 2. The highest BCUT2D eigenvalue weighted by molar-refractivity contribution is 6.12. The fourth-order valence-electron chi connectivity index (χ4n) is 4.45. The number of aliphatic imine (C=N–C) groups is 1. The van der Waals surface area contributed by atoms with Crippen molar-refractivity contribution in [3.63, 3.8) is 0 Å². The topological polar surface area (TPSA) is 71.4 Å². The Morgan fingerprint density at radius 1 is 1.19 bits per heavy atom. The van der Waals surface area contributed by atoms with Crippen LogP contribution in [0.15, 0.2) is 95.6 Å². The summed E-state index contributed by atoms with van der Waals surface area (Å²) in [6.45, 7) is 8.18. The number of rotatable bonds is 10. The molecule has 1 fully saturated rings. The summed E-state index contributed by atoms with van der Waals surface area (Å²) in [6.07, 6.45) is 17.5. The highest BCUT2D eigenvalue weighted by Crippen LogP contribution is 2.39. The van der Waals surface area contributed by atoms with E-state index in [-0.39, 0.29) is 0 Å². The maximum Gasteiger partial charge on any atom is 0.153 e. The minimum absolute atomic E-state index is 0.410. The molecule has 0 bridgehead atoms. The summed E-state index contributed by atoms with van der Waals surface area (Å²) >= 11 is 0. The van der Waals surface area contributed by atoms with E-state index in [2.05, 4.69) is 29.1 Å². The van der Waals surface area contributed by atoms with Gasteiger partial charge >= 0.3 is 0 Å². The Balaban J connectivity index is 0.00000222. The van der Waals surface area contributed by atoms with E-state index in [0.29, 0.717) is 29.7 Å². The van der Waals surface area contributed by atoms with Crippen LogP contribution in [-0.2, 0) is 9.53 Å². The Morgan fingerprint density at radius 2 is 1.94 bits per heavy atom. The zero-order chi connectivity index (χ0) is 26.3. The van der Waals surface area contributed by atoms with Crippen LogP contribution in [0.2, 0.25) is 0 Å². The van der Waals surface area contributed by atoms with E-state index in [0.717, 1.165) is 43.1 Å². The second kappa shape index (κ2) is 15.5. The van der Waals surface area contributed by atoms with E-state index < -0.39 is 0 Å². The Kier molecular flexibility index (Phi) is 12.4. The third kappa shape index (κ3) is 7.51. The van der Waals surface area contributed by atoms with Crippen molar-refractivity contribution >= 4 is 18.1 Å². The molecule has 0 amide bonds. The summed E-state index contributed by atoms with van der Waals surface area (Å²) < 4.78 is 11.1. The average molecular weight is 491 g/mol. The van der Waals surface area contributed by atoms with E-state index in [9.17, 15) is 4.79 Å². The minimum Gasteiger partial charge on any atom is -0.457 e. The lowest BCUT2D eigenvalue weighted by Crippen LogP contribution is -2.29. The number of methoxy groups -OCH3 is 1. The molecule has 1 aliphatic carbocycles. The van der Waals surface area contributed by atoms with Gasteiger partial charge in [-0.1, -0.05) is 62.8 Å². The molecule has 0 spiro atoms. The van der Waals surface area contributed by atoms with Gasteiger partial charge in [-0.2, -0.15) is 0 Å². The number of aliphatic hydroxyl groups is 1. The van der Waals surface area contributed by atoms with Crippen molar-refractivity contribution < 1.29 is 19.4 Å². The summed E-state index contributed by atoms with van der Waals surface area (Å²) in [5.74, 6) is 2.41. The van der Waals surface area contributed by atoms with Gasteiger partial charge in [-0.05, 0) is 48.6 Å². The number of aliphatic hydroxyl groups excluding tert-OH is 1. The predicted molar refractivity (Wildman–Crippen MR) is 148 cm³/mol. The average Bonchev–Trinajstić information content (AvgIpc) is 2.93.